The van der Waals surface area contributed by atoms with Crippen molar-refractivity contribution >= 4 is 17.5 Å². The minimum absolute atomic E-state index is 0.0650. The van der Waals surface area contributed by atoms with Gasteiger partial charge in [-0.1, -0.05) is 54.0 Å². The Balaban J connectivity index is 1.63. The molecule has 194 valence electrons. The van der Waals surface area contributed by atoms with Crippen molar-refractivity contribution in [3.8, 4) is 0 Å². The molecule has 0 aromatic heterocycles. The third-order valence-electron chi connectivity index (χ3n) is 7.39. The summed E-state index contributed by atoms with van der Waals surface area (Å²) in [4.78, 5) is 14.1. The SMILES string of the molecule is CC(C)=CCCC(C)=C[C@@H]1CC(C)=C[C@]2(C=C(CO)[C@H]3CC(=O)[C@@H](C)[C@H](Sc4ccccc4)[C@H]3O2)O1. The molecule has 0 bridgehead atoms. The molecule has 1 spiro atoms. The molecule has 2 heterocycles. The van der Waals surface area contributed by atoms with Gasteiger partial charge in [0.2, 0.25) is 5.79 Å². The van der Waals surface area contributed by atoms with Crippen LogP contribution in [-0.4, -0.2) is 40.7 Å². The fourth-order valence-corrected chi connectivity index (χ4v) is 6.92. The van der Waals surface area contributed by atoms with Crippen LogP contribution in [0.1, 0.15) is 60.3 Å². The molecular formula is C31H40O4S. The van der Waals surface area contributed by atoms with Crippen molar-refractivity contribution in [1.29, 1.82) is 0 Å². The predicted molar refractivity (Wildman–Crippen MR) is 147 cm³/mol. The summed E-state index contributed by atoms with van der Waals surface area (Å²) in [5, 5.41) is 10.3. The second-order valence-corrected chi connectivity index (χ2v) is 12.1. The Morgan fingerprint density at radius 1 is 1.14 bits per heavy atom. The van der Waals surface area contributed by atoms with Gasteiger partial charge in [-0.2, -0.15) is 0 Å². The van der Waals surface area contributed by atoms with Gasteiger partial charge in [0.1, 0.15) is 5.78 Å². The number of fused-ring (bicyclic) bond motifs is 1. The Bertz CT molecular complexity index is 1070. The van der Waals surface area contributed by atoms with Gasteiger partial charge >= 0.3 is 0 Å². The number of allylic oxidation sites excluding steroid dienone is 3. The summed E-state index contributed by atoms with van der Waals surface area (Å²) in [6, 6.07) is 10.2. The third kappa shape index (κ3) is 6.31. The maximum Gasteiger partial charge on any atom is 0.209 e. The summed E-state index contributed by atoms with van der Waals surface area (Å²) in [5.41, 5.74) is 4.69. The fourth-order valence-electron chi connectivity index (χ4n) is 5.56. The molecule has 3 aliphatic rings. The smallest absolute Gasteiger partial charge is 0.209 e. The van der Waals surface area contributed by atoms with Gasteiger partial charge in [-0.15, -0.1) is 11.8 Å². The summed E-state index contributed by atoms with van der Waals surface area (Å²) in [6.07, 6.45) is 11.4. The van der Waals surface area contributed by atoms with Crippen molar-refractivity contribution < 1.29 is 19.4 Å². The van der Waals surface area contributed by atoms with Crippen LogP contribution in [-0.2, 0) is 14.3 Å². The van der Waals surface area contributed by atoms with Crippen molar-refractivity contribution in [2.75, 3.05) is 6.61 Å². The highest BCUT2D eigenvalue weighted by Gasteiger charge is 2.52. The van der Waals surface area contributed by atoms with Gasteiger partial charge in [0.05, 0.1) is 18.8 Å². The largest absolute Gasteiger partial charge is 0.392 e. The Morgan fingerprint density at radius 3 is 2.58 bits per heavy atom. The highest BCUT2D eigenvalue weighted by atomic mass is 32.2. The summed E-state index contributed by atoms with van der Waals surface area (Å²) >= 11 is 1.70. The van der Waals surface area contributed by atoms with E-state index in [-0.39, 0.29) is 41.7 Å². The lowest BCUT2D eigenvalue weighted by Crippen LogP contribution is -2.56. The Morgan fingerprint density at radius 2 is 1.89 bits per heavy atom. The number of thioether (sulfide) groups is 1. The predicted octanol–water partition coefficient (Wildman–Crippen LogP) is 6.81. The molecule has 1 saturated carbocycles. The second kappa shape index (κ2) is 11.6. The molecule has 36 heavy (non-hydrogen) atoms. The van der Waals surface area contributed by atoms with Crippen LogP contribution in [0.25, 0.3) is 0 Å². The molecule has 5 heteroatoms. The number of aliphatic hydroxyl groups is 1. The molecule has 2 aliphatic heterocycles. The van der Waals surface area contributed by atoms with Crippen molar-refractivity contribution in [3.63, 3.8) is 0 Å². The number of ketones is 1. The van der Waals surface area contributed by atoms with E-state index < -0.39 is 5.79 Å². The number of ether oxygens (including phenoxy) is 2. The zero-order chi connectivity index (χ0) is 25.9. The summed E-state index contributed by atoms with van der Waals surface area (Å²) in [7, 11) is 0. The highest BCUT2D eigenvalue weighted by Crippen LogP contribution is 2.48. The van der Waals surface area contributed by atoms with E-state index in [0.717, 1.165) is 29.7 Å². The molecule has 1 fully saturated rings. The van der Waals surface area contributed by atoms with Crippen LogP contribution in [0.3, 0.4) is 0 Å². The molecule has 0 saturated heterocycles. The van der Waals surface area contributed by atoms with Gasteiger partial charge in [-0.25, -0.2) is 0 Å². The molecule has 1 N–H and O–H groups in total. The Kier molecular flexibility index (Phi) is 8.77. The highest BCUT2D eigenvalue weighted by molar-refractivity contribution is 8.00. The molecule has 1 aromatic carbocycles. The second-order valence-electron chi connectivity index (χ2n) is 10.8. The van der Waals surface area contributed by atoms with Gasteiger partial charge in [-0.05, 0) is 76.8 Å². The van der Waals surface area contributed by atoms with E-state index in [1.54, 1.807) is 11.8 Å². The molecule has 4 rings (SSSR count). The molecule has 1 aromatic rings. The lowest BCUT2D eigenvalue weighted by Gasteiger charge is -2.50. The van der Waals surface area contributed by atoms with E-state index in [9.17, 15) is 9.90 Å². The average Bonchev–Trinajstić information content (AvgIpc) is 2.82. The van der Waals surface area contributed by atoms with E-state index in [1.165, 1.54) is 16.7 Å². The third-order valence-corrected chi connectivity index (χ3v) is 8.88. The maximum absolute atomic E-state index is 13.0. The van der Waals surface area contributed by atoms with Crippen LogP contribution in [0.15, 0.2) is 81.8 Å². The van der Waals surface area contributed by atoms with Crippen molar-refractivity contribution in [2.45, 2.75) is 88.4 Å². The molecule has 0 amide bonds. The first-order valence-electron chi connectivity index (χ1n) is 13.1. The van der Waals surface area contributed by atoms with Crippen molar-refractivity contribution in [1.82, 2.24) is 0 Å². The first-order chi connectivity index (χ1) is 17.2. The van der Waals surface area contributed by atoms with Crippen molar-refractivity contribution in [3.05, 3.63) is 76.9 Å². The molecule has 6 atom stereocenters. The number of rotatable bonds is 7. The monoisotopic (exact) mass is 508 g/mol. The Hall–Kier alpha value is -1.92. The number of hydrogen-bond acceptors (Lipinski definition) is 5. The minimum Gasteiger partial charge on any atom is -0.392 e. The molecule has 4 nitrogen and oxygen atoms in total. The quantitative estimate of drug-likeness (QED) is 0.410. The summed E-state index contributed by atoms with van der Waals surface area (Å²) in [5.74, 6) is -1.08. The number of Topliss-reactive ketones (excluding diaryl/α,β-unsaturated/α-hetero) is 1. The number of aliphatic hydroxyl groups excluding tert-OH is 1. The normalized spacial score (nSPS) is 32.6. The van der Waals surface area contributed by atoms with Crippen LogP contribution in [0.2, 0.25) is 0 Å². The van der Waals surface area contributed by atoms with Gasteiger partial charge in [-0.3, -0.25) is 4.79 Å². The first-order valence-corrected chi connectivity index (χ1v) is 14.0. The number of carbonyl (C=O) groups excluding carboxylic acids is 1. The van der Waals surface area contributed by atoms with Crippen LogP contribution in [0.4, 0.5) is 0 Å². The van der Waals surface area contributed by atoms with E-state index in [4.69, 9.17) is 9.47 Å². The summed E-state index contributed by atoms with van der Waals surface area (Å²) < 4.78 is 13.5. The van der Waals surface area contributed by atoms with Gasteiger partial charge in [0.15, 0.2) is 0 Å². The lowest BCUT2D eigenvalue weighted by molar-refractivity contribution is -0.238. The minimum atomic E-state index is -1.03. The van der Waals surface area contributed by atoms with Gasteiger partial charge in [0, 0.05) is 28.4 Å². The average molecular weight is 509 g/mol. The maximum atomic E-state index is 13.0. The first kappa shape index (κ1) is 27.1. The van der Waals surface area contributed by atoms with Crippen LogP contribution in [0, 0.1) is 11.8 Å². The molecular weight excluding hydrogens is 468 g/mol. The van der Waals surface area contributed by atoms with Crippen LogP contribution >= 0.6 is 11.8 Å². The fraction of sp³-hybridized carbons (Fsp3) is 0.516. The van der Waals surface area contributed by atoms with Gasteiger partial charge < -0.3 is 14.6 Å². The number of hydrogen-bond donors (Lipinski definition) is 1. The number of carbonyl (C=O) groups is 1. The van der Waals surface area contributed by atoms with Crippen LogP contribution in [0.5, 0.6) is 0 Å². The Labute approximate surface area is 220 Å². The van der Waals surface area contributed by atoms with E-state index >= 15 is 0 Å². The van der Waals surface area contributed by atoms with E-state index in [0.29, 0.717) is 6.42 Å². The van der Waals surface area contributed by atoms with Gasteiger partial charge in [0.25, 0.3) is 0 Å². The summed E-state index contributed by atoms with van der Waals surface area (Å²) in [6.45, 7) is 10.4. The standard InChI is InChI=1S/C31H40O4S/c1-20(2)10-9-11-21(3)14-25-15-22(4)17-31(34-25)18-24(19-32)27-16-28(33)23(5)30(29(27)35-31)36-26-12-7-6-8-13-26/h6-8,10,12-14,17-18,23,25,27,29-30,32H,9,11,15-16,19H2,1-5H3/t23-,25-,27-,29+,30+,31+/m1/s1. The lowest BCUT2D eigenvalue weighted by atomic mass is 9.73. The molecule has 1 aliphatic carbocycles. The zero-order valence-corrected chi connectivity index (χ0v) is 23.0. The topological polar surface area (TPSA) is 55.8 Å². The zero-order valence-electron chi connectivity index (χ0n) is 22.2. The number of benzene rings is 1. The van der Waals surface area contributed by atoms with E-state index in [2.05, 4.69) is 58.1 Å². The molecule has 0 unspecified atom stereocenters. The molecule has 0 radical (unpaired) electrons. The van der Waals surface area contributed by atoms with Crippen molar-refractivity contribution in [2.24, 2.45) is 11.8 Å². The van der Waals surface area contributed by atoms with E-state index in [1.807, 2.05) is 31.2 Å². The van der Waals surface area contributed by atoms with Crippen LogP contribution < -0.4 is 0 Å².